The highest BCUT2D eigenvalue weighted by Crippen LogP contribution is 2.59. The number of ether oxygens (including phenoxy) is 1. The van der Waals surface area contributed by atoms with E-state index in [0.29, 0.717) is 29.7 Å². The SMILES string of the molecule is CCC1C2c3ccccc3C(c3ccccc32)C1C(=O)Oc1ccc(S(=O)(=O)[O-])c2c1CCCC2. The Morgan fingerprint density at radius 3 is 1.94 bits per heavy atom. The molecule has 4 aliphatic rings. The number of hydrogen-bond acceptors (Lipinski definition) is 5. The minimum absolute atomic E-state index is 0.0815. The lowest BCUT2D eigenvalue weighted by Gasteiger charge is -2.49. The molecular weight excluding hydrogens is 460 g/mol. The van der Waals surface area contributed by atoms with Crippen LogP contribution < -0.4 is 4.74 Å². The Balaban J connectivity index is 1.43. The van der Waals surface area contributed by atoms with Crippen molar-refractivity contribution < 1.29 is 22.5 Å². The maximum Gasteiger partial charge on any atom is 0.315 e. The maximum absolute atomic E-state index is 13.9. The molecule has 35 heavy (non-hydrogen) atoms. The molecule has 0 heterocycles. The molecule has 6 heteroatoms. The van der Waals surface area contributed by atoms with Gasteiger partial charge in [-0.3, -0.25) is 4.79 Å². The van der Waals surface area contributed by atoms with E-state index >= 15 is 0 Å². The molecule has 0 saturated carbocycles. The van der Waals surface area contributed by atoms with Gasteiger partial charge in [0.15, 0.2) is 0 Å². The van der Waals surface area contributed by atoms with Gasteiger partial charge in [-0.1, -0.05) is 61.9 Å². The molecule has 5 nitrogen and oxygen atoms in total. The van der Waals surface area contributed by atoms with Crippen LogP contribution >= 0.6 is 0 Å². The molecule has 0 aromatic heterocycles. The lowest BCUT2D eigenvalue weighted by molar-refractivity contribution is -0.142. The predicted molar refractivity (Wildman–Crippen MR) is 131 cm³/mol. The van der Waals surface area contributed by atoms with Crippen molar-refractivity contribution >= 4 is 16.1 Å². The molecule has 0 aliphatic heterocycles. The van der Waals surface area contributed by atoms with Crippen LogP contribution in [-0.4, -0.2) is 18.9 Å². The zero-order chi connectivity index (χ0) is 24.3. The van der Waals surface area contributed by atoms with Gasteiger partial charge >= 0.3 is 5.97 Å². The van der Waals surface area contributed by atoms with E-state index < -0.39 is 10.1 Å². The molecule has 2 atom stereocenters. The van der Waals surface area contributed by atoms with E-state index in [4.69, 9.17) is 4.74 Å². The first-order valence-corrected chi connectivity index (χ1v) is 13.8. The predicted octanol–water partition coefficient (Wildman–Crippen LogP) is 5.31. The third-order valence-corrected chi connectivity index (χ3v) is 9.17. The molecular formula is C29H27O5S-. The summed E-state index contributed by atoms with van der Waals surface area (Å²) in [6, 6.07) is 19.6. The molecule has 3 aromatic carbocycles. The number of rotatable bonds is 4. The summed E-state index contributed by atoms with van der Waals surface area (Å²) >= 11 is 0. The van der Waals surface area contributed by atoms with Gasteiger partial charge in [-0.15, -0.1) is 0 Å². The Hall–Kier alpha value is -2.96. The number of hydrogen-bond donors (Lipinski definition) is 0. The van der Waals surface area contributed by atoms with Gasteiger partial charge in [-0.05, 0) is 77.1 Å². The van der Waals surface area contributed by atoms with Crippen LogP contribution in [0.3, 0.4) is 0 Å². The van der Waals surface area contributed by atoms with Gasteiger partial charge in [0.25, 0.3) is 0 Å². The van der Waals surface area contributed by atoms with Gasteiger partial charge in [-0.25, -0.2) is 8.42 Å². The number of carbonyl (C=O) groups is 1. The summed E-state index contributed by atoms with van der Waals surface area (Å²) in [4.78, 5) is 13.7. The van der Waals surface area contributed by atoms with E-state index in [0.717, 1.165) is 19.3 Å². The summed E-state index contributed by atoms with van der Waals surface area (Å²) in [7, 11) is -4.59. The topological polar surface area (TPSA) is 83.5 Å². The fourth-order valence-electron chi connectivity index (χ4n) is 6.90. The summed E-state index contributed by atoms with van der Waals surface area (Å²) < 4.78 is 41.6. The third kappa shape index (κ3) is 3.46. The van der Waals surface area contributed by atoms with Crippen LogP contribution in [0.4, 0.5) is 0 Å². The molecule has 0 N–H and O–H groups in total. The van der Waals surface area contributed by atoms with E-state index in [1.807, 2.05) is 12.1 Å². The zero-order valence-electron chi connectivity index (χ0n) is 19.6. The molecule has 3 aromatic rings. The summed E-state index contributed by atoms with van der Waals surface area (Å²) in [5.41, 5.74) is 6.19. The highest BCUT2D eigenvalue weighted by atomic mass is 32.2. The summed E-state index contributed by atoms with van der Waals surface area (Å²) in [6.07, 6.45) is 3.62. The first-order valence-electron chi connectivity index (χ1n) is 12.4. The molecule has 0 fully saturated rings. The Morgan fingerprint density at radius 1 is 0.857 bits per heavy atom. The maximum atomic E-state index is 13.9. The van der Waals surface area contributed by atoms with Gasteiger partial charge in [0.2, 0.25) is 0 Å². The number of benzene rings is 3. The van der Waals surface area contributed by atoms with Gasteiger partial charge in [-0.2, -0.15) is 0 Å². The van der Waals surface area contributed by atoms with Gasteiger partial charge in [0.05, 0.1) is 10.8 Å². The average molecular weight is 488 g/mol. The standard InChI is InChI=1S/C29H28O5S/c1-2-17-26-20-11-5-7-13-22(20)27(23-14-8-6-12-21(23)26)28(17)29(30)34-24-15-16-25(35(31,32)33)19-10-4-3-9-18(19)24/h5-8,11-17,26-28H,2-4,9-10H2,1H3,(H,31,32,33)/p-1. The van der Waals surface area contributed by atoms with Crippen LogP contribution in [0.25, 0.3) is 0 Å². The van der Waals surface area contributed by atoms with Crippen LogP contribution in [-0.2, 0) is 27.8 Å². The molecule has 4 aliphatic carbocycles. The minimum atomic E-state index is -4.59. The van der Waals surface area contributed by atoms with Crippen LogP contribution in [0.1, 0.15) is 71.4 Å². The summed E-state index contributed by atoms with van der Waals surface area (Å²) in [5, 5.41) is 0. The second-order valence-electron chi connectivity index (χ2n) is 9.91. The van der Waals surface area contributed by atoms with Crippen LogP contribution in [0.15, 0.2) is 65.6 Å². The second kappa shape index (κ2) is 8.32. The van der Waals surface area contributed by atoms with Crippen molar-refractivity contribution in [2.24, 2.45) is 11.8 Å². The molecule has 2 bridgehead atoms. The van der Waals surface area contributed by atoms with E-state index in [1.165, 1.54) is 34.4 Å². The first kappa shape index (κ1) is 22.5. The van der Waals surface area contributed by atoms with Crippen molar-refractivity contribution in [3.63, 3.8) is 0 Å². The monoisotopic (exact) mass is 487 g/mol. The Labute approximate surface area is 205 Å². The fourth-order valence-corrected chi connectivity index (χ4v) is 7.66. The highest BCUT2D eigenvalue weighted by Gasteiger charge is 2.52. The molecule has 180 valence electrons. The van der Waals surface area contributed by atoms with Crippen molar-refractivity contribution in [3.05, 3.63) is 94.0 Å². The summed E-state index contributed by atoms with van der Waals surface area (Å²) in [5.74, 6) is -0.0541. The molecule has 7 rings (SSSR count). The van der Waals surface area contributed by atoms with E-state index in [-0.39, 0.29) is 34.5 Å². The quantitative estimate of drug-likeness (QED) is 0.283. The van der Waals surface area contributed by atoms with Crippen molar-refractivity contribution in [1.82, 2.24) is 0 Å². The highest BCUT2D eigenvalue weighted by molar-refractivity contribution is 7.85. The normalized spacial score (nSPS) is 24.3. The van der Waals surface area contributed by atoms with Crippen molar-refractivity contribution in [2.45, 2.75) is 55.8 Å². The second-order valence-corrected chi connectivity index (χ2v) is 11.3. The lowest BCUT2D eigenvalue weighted by atomic mass is 9.53. The van der Waals surface area contributed by atoms with Gasteiger partial charge in [0, 0.05) is 11.8 Å². The van der Waals surface area contributed by atoms with Gasteiger partial charge in [0.1, 0.15) is 15.9 Å². The van der Waals surface area contributed by atoms with Crippen LogP contribution in [0.5, 0.6) is 5.75 Å². The Morgan fingerprint density at radius 2 is 1.40 bits per heavy atom. The van der Waals surface area contributed by atoms with Crippen molar-refractivity contribution in [2.75, 3.05) is 0 Å². The number of carbonyl (C=O) groups excluding carboxylic acids is 1. The van der Waals surface area contributed by atoms with Gasteiger partial charge < -0.3 is 9.29 Å². The minimum Gasteiger partial charge on any atom is -0.744 e. The number of esters is 1. The first-order chi connectivity index (χ1) is 16.9. The molecule has 0 radical (unpaired) electrons. The Bertz CT molecular complexity index is 1390. The molecule has 0 saturated heterocycles. The third-order valence-electron chi connectivity index (χ3n) is 8.25. The lowest BCUT2D eigenvalue weighted by Crippen LogP contribution is -2.45. The van der Waals surface area contributed by atoms with Crippen LogP contribution in [0, 0.1) is 11.8 Å². The van der Waals surface area contributed by atoms with E-state index in [2.05, 4.69) is 43.3 Å². The molecule has 2 unspecified atom stereocenters. The van der Waals surface area contributed by atoms with E-state index in [1.54, 1.807) is 0 Å². The smallest absolute Gasteiger partial charge is 0.315 e. The molecule has 0 spiro atoms. The summed E-state index contributed by atoms with van der Waals surface area (Å²) in [6.45, 7) is 2.13. The van der Waals surface area contributed by atoms with Crippen molar-refractivity contribution in [1.29, 1.82) is 0 Å². The fraction of sp³-hybridized carbons (Fsp3) is 0.345. The number of fused-ring (bicyclic) bond motifs is 2. The largest absolute Gasteiger partial charge is 0.744 e. The van der Waals surface area contributed by atoms with E-state index in [9.17, 15) is 17.8 Å². The average Bonchev–Trinajstić information content (AvgIpc) is 2.87. The Kier molecular flexibility index (Phi) is 5.35. The van der Waals surface area contributed by atoms with Crippen LogP contribution in [0.2, 0.25) is 0 Å². The van der Waals surface area contributed by atoms with Crippen molar-refractivity contribution in [3.8, 4) is 5.75 Å². The molecule has 0 amide bonds. The zero-order valence-corrected chi connectivity index (χ0v) is 20.4.